The third kappa shape index (κ3) is 6.51. The number of nitrogens with zero attached hydrogens (tertiary/aromatic N) is 2. The standard InChI is InChI=1S/C25H36N2O10/c1-13(2)27-15(5)18(11-16-7-9-17(10-8-16)35-14(3)4)23(26-27)37-25(32)22(30)21(29)20(28)19(36-25)12-34-24(31)33-6/h7-10,13-14,19-22,28-30,32H,11-12H2,1-6H3/t19-,20-,21+,22-,25-/m1/s1. The molecule has 0 saturated carbocycles. The van der Waals surface area contributed by atoms with E-state index < -0.39 is 43.2 Å². The number of aliphatic hydroxyl groups excluding tert-OH is 3. The molecule has 1 aliphatic heterocycles. The van der Waals surface area contributed by atoms with Crippen molar-refractivity contribution in [3.63, 3.8) is 0 Å². The van der Waals surface area contributed by atoms with Gasteiger partial charge in [0.05, 0.1) is 13.2 Å². The van der Waals surface area contributed by atoms with Crippen molar-refractivity contribution in [2.45, 2.75) is 83.6 Å². The first-order valence-corrected chi connectivity index (χ1v) is 12.0. The second-order valence-corrected chi connectivity index (χ2v) is 9.47. The van der Waals surface area contributed by atoms with Crippen molar-refractivity contribution < 1.29 is 48.9 Å². The zero-order valence-corrected chi connectivity index (χ0v) is 21.8. The van der Waals surface area contributed by atoms with E-state index in [2.05, 4.69) is 9.84 Å². The van der Waals surface area contributed by atoms with E-state index in [0.29, 0.717) is 12.0 Å². The second kappa shape index (κ2) is 11.7. The molecule has 0 spiro atoms. The van der Waals surface area contributed by atoms with Crippen LogP contribution in [-0.2, 0) is 20.6 Å². The van der Waals surface area contributed by atoms with Gasteiger partial charge in [0.1, 0.15) is 30.7 Å². The summed E-state index contributed by atoms with van der Waals surface area (Å²) in [6.45, 7) is 8.99. The molecule has 37 heavy (non-hydrogen) atoms. The average molecular weight is 525 g/mol. The summed E-state index contributed by atoms with van der Waals surface area (Å²) in [6.07, 6.45) is -7.73. The highest BCUT2D eigenvalue weighted by molar-refractivity contribution is 5.59. The molecule has 4 N–H and O–H groups in total. The van der Waals surface area contributed by atoms with Crippen LogP contribution in [0.25, 0.3) is 0 Å². The third-order valence-electron chi connectivity index (χ3n) is 5.93. The Hall–Kier alpha value is -2.90. The minimum atomic E-state index is -2.81. The SMILES string of the molecule is COC(=O)OC[C@H]1O[C@@](O)(Oc2nn(C(C)C)c(C)c2Cc2ccc(OC(C)C)cc2)[C@H](O)[C@@H](O)[C@@H]1O. The van der Waals surface area contributed by atoms with Gasteiger partial charge in [-0.2, -0.15) is 0 Å². The molecule has 1 aromatic heterocycles. The van der Waals surface area contributed by atoms with Gasteiger partial charge in [-0.3, -0.25) is 4.68 Å². The van der Waals surface area contributed by atoms with Gasteiger partial charge in [-0.25, -0.2) is 4.79 Å². The summed E-state index contributed by atoms with van der Waals surface area (Å²) < 4.78 is 27.7. The molecule has 0 amide bonds. The predicted octanol–water partition coefficient (Wildman–Crippen LogP) is 1.44. The van der Waals surface area contributed by atoms with Gasteiger partial charge in [0.25, 0.3) is 0 Å². The minimum Gasteiger partial charge on any atom is -0.491 e. The van der Waals surface area contributed by atoms with E-state index in [0.717, 1.165) is 24.1 Å². The summed E-state index contributed by atoms with van der Waals surface area (Å²) in [4.78, 5) is 11.3. The highest BCUT2D eigenvalue weighted by Gasteiger charge is 2.56. The van der Waals surface area contributed by atoms with Crippen molar-refractivity contribution in [1.29, 1.82) is 0 Å². The Morgan fingerprint density at radius 3 is 2.35 bits per heavy atom. The molecule has 2 aromatic rings. The normalized spacial score (nSPS) is 25.8. The second-order valence-electron chi connectivity index (χ2n) is 9.47. The number of benzene rings is 1. The van der Waals surface area contributed by atoms with Crippen LogP contribution in [0.5, 0.6) is 11.6 Å². The van der Waals surface area contributed by atoms with Crippen molar-refractivity contribution in [2.24, 2.45) is 0 Å². The van der Waals surface area contributed by atoms with Crippen LogP contribution in [-0.4, -0.2) is 86.6 Å². The Labute approximate surface area is 215 Å². The summed E-state index contributed by atoms with van der Waals surface area (Å²) >= 11 is 0. The predicted molar refractivity (Wildman–Crippen MR) is 129 cm³/mol. The molecule has 0 bridgehead atoms. The van der Waals surface area contributed by atoms with Gasteiger partial charge in [-0.15, -0.1) is 5.10 Å². The maximum absolute atomic E-state index is 11.3. The molecular formula is C25H36N2O10. The van der Waals surface area contributed by atoms with E-state index >= 15 is 0 Å². The van der Waals surface area contributed by atoms with Crippen LogP contribution in [0.3, 0.4) is 0 Å². The monoisotopic (exact) mass is 524 g/mol. The van der Waals surface area contributed by atoms with Crippen LogP contribution < -0.4 is 9.47 Å². The number of aliphatic hydroxyl groups is 4. The lowest BCUT2D eigenvalue weighted by Gasteiger charge is -2.44. The Bertz CT molecular complexity index is 1050. The molecule has 0 aliphatic carbocycles. The molecular weight excluding hydrogens is 488 g/mol. The van der Waals surface area contributed by atoms with E-state index in [-0.39, 0.29) is 18.0 Å². The number of hydrogen-bond donors (Lipinski definition) is 4. The summed E-state index contributed by atoms with van der Waals surface area (Å²) in [5.41, 5.74) is 2.27. The Kier molecular flexibility index (Phi) is 9.03. The minimum absolute atomic E-state index is 0.0357. The molecule has 12 heteroatoms. The number of hydrogen-bond acceptors (Lipinski definition) is 11. The van der Waals surface area contributed by atoms with E-state index in [1.54, 1.807) is 4.68 Å². The topological polar surface area (TPSA) is 162 Å². The highest BCUT2D eigenvalue weighted by atomic mass is 16.8. The molecule has 206 valence electrons. The molecule has 3 rings (SSSR count). The number of aromatic nitrogens is 2. The molecule has 5 atom stereocenters. The summed E-state index contributed by atoms with van der Waals surface area (Å²) in [7, 11) is 1.10. The maximum Gasteiger partial charge on any atom is 0.508 e. The Morgan fingerprint density at radius 1 is 1.14 bits per heavy atom. The number of carbonyl (C=O) groups excluding carboxylic acids is 1. The molecule has 0 unspecified atom stereocenters. The van der Waals surface area contributed by atoms with Crippen molar-refractivity contribution in [1.82, 2.24) is 9.78 Å². The zero-order chi connectivity index (χ0) is 27.5. The van der Waals surface area contributed by atoms with Crippen LogP contribution >= 0.6 is 0 Å². The quantitative estimate of drug-likeness (QED) is 0.277. The van der Waals surface area contributed by atoms with Gasteiger partial charge in [-0.1, -0.05) is 12.1 Å². The number of methoxy groups -OCH3 is 1. The fourth-order valence-corrected chi connectivity index (χ4v) is 4.02. The first kappa shape index (κ1) is 28.7. The van der Waals surface area contributed by atoms with Gasteiger partial charge in [-0.05, 0) is 52.3 Å². The first-order chi connectivity index (χ1) is 17.4. The smallest absolute Gasteiger partial charge is 0.491 e. The first-order valence-electron chi connectivity index (χ1n) is 12.0. The van der Waals surface area contributed by atoms with Gasteiger partial charge in [0.15, 0.2) is 6.10 Å². The van der Waals surface area contributed by atoms with Crippen LogP contribution in [0, 0.1) is 6.92 Å². The number of rotatable bonds is 9. The molecule has 12 nitrogen and oxygen atoms in total. The highest BCUT2D eigenvalue weighted by Crippen LogP contribution is 2.35. The van der Waals surface area contributed by atoms with E-state index in [1.807, 2.05) is 58.9 Å². The maximum atomic E-state index is 11.3. The van der Waals surface area contributed by atoms with Gasteiger partial charge < -0.3 is 44.1 Å². The lowest BCUT2D eigenvalue weighted by Crippen LogP contribution is -2.67. The molecule has 1 aromatic carbocycles. The summed E-state index contributed by atoms with van der Waals surface area (Å²) in [6, 6.07) is 7.44. The van der Waals surface area contributed by atoms with E-state index in [1.165, 1.54) is 0 Å². The molecule has 2 heterocycles. The molecule has 0 radical (unpaired) electrons. The number of ether oxygens (including phenoxy) is 5. The number of carbonyl (C=O) groups is 1. The summed E-state index contributed by atoms with van der Waals surface area (Å²) in [5, 5.41) is 46.8. The van der Waals surface area contributed by atoms with Crippen LogP contribution in [0.1, 0.15) is 50.6 Å². The van der Waals surface area contributed by atoms with E-state index in [9.17, 15) is 25.2 Å². The zero-order valence-electron chi connectivity index (χ0n) is 21.8. The van der Waals surface area contributed by atoms with Crippen molar-refractivity contribution in [3.8, 4) is 11.6 Å². The average Bonchev–Trinajstić information content (AvgIpc) is 3.14. The fourth-order valence-electron chi connectivity index (χ4n) is 4.02. The summed E-state index contributed by atoms with van der Waals surface area (Å²) in [5.74, 6) is -2.12. The largest absolute Gasteiger partial charge is 0.508 e. The van der Waals surface area contributed by atoms with Crippen molar-refractivity contribution >= 4 is 6.16 Å². The van der Waals surface area contributed by atoms with Gasteiger partial charge >= 0.3 is 12.1 Å². The van der Waals surface area contributed by atoms with Gasteiger partial charge in [0, 0.05) is 23.7 Å². The Morgan fingerprint density at radius 2 is 1.78 bits per heavy atom. The lowest BCUT2D eigenvalue weighted by atomic mass is 9.97. The van der Waals surface area contributed by atoms with Gasteiger partial charge in [0.2, 0.25) is 5.88 Å². The van der Waals surface area contributed by atoms with Crippen LogP contribution in [0.15, 0.2) is 24.3 Å². The molecule has 1 aliphatic rings. The van der Waals surface area contributed by atoms with Crippen molar-refractivity contribution in [3.05, 3.63) is 41.1 Å². The molecule has 1 fully saturated rings. The Balaban J connectivity index is 1.90. The fraction of sp³-hybridized carbons (Fsp3) is 0.600. The van der Waals surface area contributed by atoms with Crippen LogP contribution in [0.2, 0.25) is 0 Å². The van der Waals surface area contributed by atoms with E-state index in [4.69, 9.17) is 18.9 Å². The molecule has 1 saturated heterocycles. The van der Waals surface area contributed by atoms with Crippen LogP contribution in [0.4, 0.5) is 4.79 Å². The third-order valence-corrected chi connectivity index (χ3v) is 5.93. The lowest BCUT2D eigenvalue weighted by molar-refractivity contribution is -0.423. The van der Waals surface area contributed by atoms with Crippen molar-refractivity contribution in [2.75, 3.05) is 13.7 Å².